The highest BCUT2D eigenvalue weighted by molar-refractivity contribution is 7.19. The molecule has 0 saturated carbocycles. The number of fused-ring (bicyclic) bond motifs is 1. The molecule has 0 spiro atoms. The number of aromatic hydroxyl groups is 1. The zero-order valence-electron chi connectivity index (χ0n) is 18.0. The first-order chi connectivity index (χ1) is 16.4. The number of thiophene rings is 1. The van der Waals surface area contributed by atoms with E-state index < -0.39 is 5.91 Å². The van der Waals surface area contributed by atoms with Crippen molar-refractivity contribution in [3.63, 3.8) is 0 Å². The van der Waals surface area contributed by atoms with Crippen molar-refractivity contribution in [2.45, 2.75) is 6.42 Å². The van der Waals surface area contributed by atoms with Gasteiger partial charge in [0, 0.05) is 32.5 Å². The molecule has 172 valence electrons. The summed E-state index contributed by atoms with van der Waals surface area (Å²) < 4.78 is 6.55. The number of anilines is 1. The lowest BCUT2D eigenvalue weighted by Crippen LogP contribution is -2.17. The van der Waals surface area contributed by atoms with Gasteiger partial charge in [-0.2, -0.15) is 5.10 Å². The molecule has 0 saturated heterocycles. The highest BCUT2D eigenvalue weighted by Crippen LogP contribution is 2.27. The van der Waals surface area contributed by atoms with Gasteiger partial charge in [0.05, 0.1) is 24.8 Å². The Bertz CT molecular complexity index is 1370. The van der Waals surface area contributed by atoms with E-state index in [1.165, 1.54) is 31.5 Å². The minimum Gasteiger partial charge on any atom is -0.506 e. The zero-order valence-corrected chi connectivity index (χ0v) is 19.6. The molecule has 0 bridgehead atoms. The summed E-state index contributed by atoms with van der Waals surface area (Å²) in [6.45, 7) is 0. The standard InChI is InChI=1S/C25H20ClN3O4S/c1-33-22-12-18(28-24(31)13-19-10-15-4-2-3-5-23(15)34-19)8-6-17(22)14-27-29-25(32)16-7-9-21(30)20(26)11-16/h2-12,14,30H,13H2,1H3,(H,28,31)(H,29,32). The Labute approximate surface area is 204 Å². The minimum atomic E-state index is -0.484. The third-order valence-corrected chi connectivity index (χ3v) is 6.33. The van der Waals surface area contributed by atoms with Crippen molar-refractivity contribution in [2.24, 2.45) is 5.10 Å². The van der Waals surface area contributed by atoms with Gasteiger partial charge in [0.25, 0.3) is 5.91 Å². The molecule has 4 aromatic rings. The van der Waals surface area contributed by atoms with Gasteiger partial charge < -0.3 is 15.2 Å². The molecule has 1 aromatic heterocycles. The predicted molar refractivity (Wildman–Crippen MR) is 135 cm³/mol. The summed E-state index contributed by atoms with van der Waals surface area (Å²) in [6.07, 6.45) is 1.71. The first kappa shape index (κ1) is 23.3. The summed E-state index contributed by atoms with van der Waals surface area (Å²) in [7, 11) is 1.51. The largest absolute Gasteiger partial charge is 0.506 e. The van der Waals surface area contributed by atoms with Crippen LogP contribution in [0, 0.1) is 0 Å². The van der Waals surface area contributed by atoms with Crippen LogP contribution in [0.5, 0.6) is 11.5 Å². The van der Waals surface area contributed by atoms with E-state index in [0.29, 0.717) is 17.0 Å². The SMILES string of the molecule is COc1cc(NC(=O)Cc2cc3ccccc3s2)ccc1C=NNC(=O)c1ccc(O)c(Cl)c1. The van der Waals surface area contributed by atoms with Crippen molar-refractivity contribution >= 4 is 56.7 Å². The maximum Gasteiger partial charge on any atom is 0.271 e. The van der Waals surface area contributed by atoms with Crippen LogP contribution in [0.4, 0.5) is 5.69 Å². The summed E-state index contributed by atoms with van der Waals surface area (Å²) in [6, 6.07) is 19.3. The van der Waals surface area contributed by atoms with Crippen molar-refractivity contribution in [1.29, 1.82) is 0 Å². The Balaban J connectivity index is 1.38. The maximum absolute atomic E-state index is 12.5. The van der Waals surface area contributed by atoms with E-state index in [-0.39, 0.29) is 28.7 Å². The fraction of sp³-hybridized carbons (Fsp3) is 0.0800. The number of carbonyl (C=O) groups is 2. The molecule has 34 heavy (non-hydrogen) atoms. The third-order valence-electron chi connectivity index (χ3n) is 4.91. The number of nitrogens with one attached hydrogen (secondary N) is 2. The molecule has 0 unspecified atom stereocenters. The van der Waals surface area contributed by atoms with Crippen LogP contribution in [-0.2, 0) is 11.2 Å². The number of halogens is 1. The maximum atomic E-state index is 12.5. The van der Waals surface area contributed by atoms with E-state index in [1.807, 2.05) is 30.3 Å². The number of hydrogen-bond acceptors (Lipinski definition) is 6. The Morgan fingerprint density at radius 2 is 1.94 bits per heavy atom. The van der Waals surface area contributed by atoms with Crippen LogP contribution in [0.3, 0.4) is 0 Å². The van der Waals surface area contributed by atoms with Crippen molar-refractivity contribution in [3.8, 4) is 11.5 Å². The molecule has 0 aliphatic rings. The van der Waals surface area contributed by atoms with Crippen LogP contribution in [0.2, 0.25) is 5.02 Å². The van der Waals surface area contributed by atoms with Crippen molar-refractivity contribution in [1.82, 2.24) is 5.43 Å². The van der Waals surface area contributed by atoms with Crippen LogP contribution in [0.25, 0.3) is 10.1 Å². The molecule has 3 aromatic carbocycles. The first-order valence-corrected chi connectivity index (χ1v) is 11.4. The quantitative estimate of drug-likeness (QED) is 0.243. The Morgan fingerprint density at radius 3 is 2.71 bits per heavy atom. The van der Waals surface area contributed by atoms with Gasteiger partial charge in [0.2, 0.25) is 5.91 Å². The van der Waals surface area contributed by atoms with Crippen molar-refractivity contribution < 1.29 is 19.4 Å². The molecule has 1 heterocycles. The van der Waals surface area contributed by atoms with E-state index in [2.05, 4.69) is 15.8 Å². The zero-order chi connectivity index (χ0) is 24.1. The van der Waals surface area contributed by atoms with Gasteiger partial charge in [-0.1, -0.05) is 29.8 Å². The monoisotopic (exact) mass is 493 g/mol. The van der Waals surface area contributed by atoms with Crippen LogP contribution in [0.1, 0.15) is 20.8 Å². The molecular weight excluding hydrogens is 474 g/mol. The summed E-state index contributed by atoms with van der Waals surface area (Å²) in [4.78, 5) is 25.7. The summed E-state index contributed by atoms with van der Waals surface area (Å²) in [5.41, 5.74) is 3.84. The van der Waals surface area contributed by atoms with Gasteiger partial charge in [0.15, 0.2) is 0 Å². The minimum absolute atomic E-state index is 0.0725. The number of rotatable bonds is 7. The lowest BCUT2D eigenvalue weighted by atomic mass is 10.2. The number of phenolic OH excluding ortho intramolecular Hbond substituents is 1. The fourth-order valence-electron chi connectivity index (χ4n) is 3.26. The molecule has 0 aliphatic carbocycles. The van der Waals surface area contributed by atoms with Gasteiger partial charge in [-0.15, -0.1) is 11.3 Å². The van der Waals surface area contributed by atoms with Crippen LogP contribution < -0.4 is 15.5 Å². The number of amides is 2. The smallest absolute Gasteiger partial charge is 0.271 e. The molecule has 0 atom stereocenters. The van der Waals surface area contributed by atoms with Crippen molar-refractivity contribution in [3.05, 3.63) is 87.8 Å². The summed E-state index contributed by atoms with van der Waals surface area (Å²) in [5, 5.41) is 17.5. The Morgan fingerprint density at radius 1 is 1.12 bits per heavy atom. The van der Waals surface area contributed by atoms with Gasteiger partial charge in [-0.3, -0.25) is 9.59 Å². The second-order valence-electron chi connectivity index (χ2n) is 7.30. The molecule has 4 rings (SSSR count). The fourth-order valence-corrected chi connectivity index (χ4v) is 4.50. The second kappa shape index (κ2) is 10.4. The average Bonchev–Trinajstić information content (AvgIpc) is 3.23. The molecule has 9 heteroatoms. The first-order valence-electron chi connectivity index (χ1n) is 10.2. The molecule has 2 amide bonds. The van der Waals surface area contributed by atoms with Crippen LogP contribution >= 0.6 is 22.9 Å². The summed E-state index contributed by atoms with van der Waals surface area (Å²) in [5.74, 6) is -0.245. The molecule has 0 radical (unpaired) electrons. The van der Waals surface area contributed by atoms with E-state index in [1.54, 1.807) is 29.5 Å². The molecule has 7 nitrogen and oxygen atoms in total. The van der Waals surface area contributed by atoms with E-state index >= 15 is 0 Å². The summed E-state index contributed by atoms with van der Waals surface area (Å²) >= 11 is 7.43. The lowest BCUT2D eigenvalue weighted by Gasteiger charge is -2.09. The van der Waals surface area contributed by atoms with Gasteiger partial charge in [0.1, 0.15) is 11.5 Å². The van der Waals surface area contributed by atoms with Crippen LogP contribution in [0.15, 0.2) is 71.8 Å². The average molecular weight is 494 g/mol. The molecular formula is C25H20ClN3O4S. The van der Waals surface area contributed by atoms with Gasteiger partial charge in [-0.25, -0.2) is 5.43 Å². The molecule has 3 N–H and O–H groups in total. The predicted octanol–water partition coefficient (Wildman–Crippen LogP) is 5.21. The number of benzene rings is 3. The topological polar surface area (TPSA) is 100 Å². The lowest BCUT2D eigenvalue weighted by molar-refractivity contribution is -0.115. The molecule has 0 fully saturated rings. The second-order valence-corrected chi connectivity index (χ2v) is 8.87. The number of hydrazone groups is 1. The number of ether oxygens (including phenoxy) is 1. The number of carbonyl (C=O) groups excluding carboxylic acids is 2. The van der Waals surface area contributed by atoms with E-state index in [9.17, 15) is 14.7 Å². The highest BCUT2D eigenvalue weighted by Gasteiger charge is 2.10. The molecule has 0 aliphatic heterocycles. The van der Waals surface area contributed by atoms with E-state index in [0.717, 1.165) is 15.0 Å². The van der Waals surface area contributed by atoms with Crippen LogP contribution in [-0.4, -0.2) is 30.2 Å². The number of hydrogen-bond donors (Lipinski definition) is 3. The van der Waals surface area contributed by atoms with Gasteiger partial charge >= 0.3 is 0 Å². The number of methoxy groups -OCH3 is 1. The Hall–Kier alpha value is -3.88. The normalized spacial score (nSPS) is 11.0. The number of phenols is 1. The van der Waals surface area contributed by atoms with Crippen molar-refractivity contribution in [2.75, 3.05) is 12.4 Å². The highest BCUT2D eigenvalue weighted by atomic mass is 35.5. The third kappa shape index (κ3) is 5.54. The van der Waals surface area contributed by atoms with Gasteiger partial charge in [-0.05, 0) is 47.9 Å². The number of nitrogens with zero attached hydrogens (tertiary/aromatic N) is 1. The Kier molecular flexibility index (Phi) is 7.10. The van der Waals surface area contributed by atoms with E-state index in [4.69, 9.17) is 16.3 Å².